The van der Waals surface area contributed by atoms with Crippen LogP contribution < -0.4 is 0 Å². The van der Waals surface area contributed by atoms with Gasteiger partial charge < -0.3 is 9.67 Å². The Balaban J connectivity index is 2.85. The van der Waals surface area contributed by atoms with Crippen molar-refractivity contribution in [2.45, 2.75) is 25.0 Å². The molecule has 0 aliphatic heterocycles. The second-order valence-corrected chi connectivity index (χ2v) is 6.25. The molecule has 96 valence electrons. The van der Waals surface area contributed by atoms with Crippen LogP contribution in [-0.2, 0) is 15.6 Å². The van der Waals surface area contributed by atoms with E-state index in [1.54, 1.807) is 12.5 Å². The summed E-state index contributed by atoms with van der Waals surface area (Å²) in [5, 5.41) is 9.32. The van der Waals surface area contributed by atoms with E-state index in [4.69, 9.17) is 5.11 Å². The SMILES string of the molecule is Cc1cnc(SCC(=O)O)n1C(C)CS(C)=O. The molecule has 1 N–H and O–H groups in total. The number of rotatable bonds is 6. The highest BCUT2D eigenvalue weighted by Crippen LogP contribution is 2.23. The second kappa shape index (κ2) is 6.20. The number of hydrogen-bond acceptors (Lipinski definition) is 4. The Hall–Kier alpha value is -0.820. The first-order valence-electron chi connectivity index (χ1n) is 5.10. The molecule has 0 fully saturated rings. The van der Waals surface area contributed by atoms with Gasteiger partial charge in [-0.2, -0.15) is 0 Å². The molecule has 7 heteroatoms. The lowest BCUT2D eigenvalue weighted by molar-refractivity contribution is -0.133. The van der Waals surface area contributed by atoms with Crippen LogP contribution in [0.4, 0.5) is 0 Å². The molecule has 1 aromatic heterocycles. The molecule has 2 unspecified atom stereocenters. The van der Waals surface area contributed by atoms with Crippen molar-refractivity contribution >= 4 is 28.5 Å². The molecule has 0 saturated carbocycles. The number of carboxylic acid groups (broad SMARTS) is 1. The second-order valence-electron chi connectivity index (χ2n) is 3.82. The first kappa shape index (κ1) is 14.2. The molecule has 1 heterocycles. The van der Waals surface area contributed by atoms with Crippen molar-refractivity contribution < 1.29 is 14.1 Å². The van der Waals surface area contributed by atoms with Gasteiger partial charge >= 0.3 is 5.97 Å². The number of hydrogen-bond donors (Lipinski definition) is 1. The van der Waals surface area contributed by atoms with Crippen molar-refractivity contribution in [1.29, 1.82) is 0 Å². The summed E-state index contributed by atoms with van der Waals surface area (Å²) < 4.78 is 13.2. The van der Waals surface area contributed by atoms with Crippen molar-refractivity contribution in [3.63, 3.8) is 0 Å². The zero-order valence-corrected chi connectivity index (χ0v) is 11.7. The van der Waals surface area contributed by atoms with E-state index in [2.05, 4.69) is 4.98 Å². The Morgan fingerprint density at radius 1 is 1.71 bits per heavy atom. The lowest BCUT2D eigenvalue weighted by Crippen LogP contribution is -2.15. The predicted octanol–water partition coefficient (Wildman–Crippen LogP) is 1.31. The largest absolute Gasteiger partial charge is 0.481 e. The van der Waals surface area contributed by atoms with Gasteiger partial charge in [-0.15, -0.1) is 0 Å². The number of thioether (sulfide) groups is 1. The van der Waals surface area contributed by atoms with Crippen LogP contribution >= 0.6 is 11.8 Å². The number of aliphatic carboxylic acids is 1. The smallest absolute Gasteiger partial charge is 0.313 e. The lowest BCUT2D eigenvalue weighted by atomic mass is 10.3. The molecule has 0 amide bonds. The van der Waals surface area contributed by atoms with Crippen molar-refractivity contribution in [3.05, 3.63) is 11.9 Å². The number of nitrogens with zero attached hydrogens (tertiary/aromatic N) is 2. The highest BCUT2D eigenvalue weighted by atomic mass is 32.2. The minimum Gasteiger partial charge on any atom is -0.481 e. The molecule has 2 atom stereocenters. The van der Waals surface area contributed by atoms with Gasteiger partial charge in [0, 0.05) is 40.7 Å². The highest BCUT2D eigenvalue weighted by Gasteiger charge is 2.15. The third-order valence-electron chi connectivity index (χ3n) is 2.19. The maximum absolute atomic E-state index is 11.2. The van der Waals surface area contributed by atoms with Crippen molar-refractivity contribution in [2.75, 3.05) is 17.8 Å². The van der Waals surface area contributed by atoms with E-state index >= 15 is 0 Å². The molecule has 17 heavy (non-hydrogen) atoms. The molecule has 1 rings (SSSR count). The quantitative estimate of drug-likeness (QED) is 0.793. The number of aryl methyl sites for hydroxylation is 1. The molecule has 0 saturated heterocycles. The summed E-state index contributed by atoms with van der Waals surface area (Å²) in [5.74, 6) is -0.343. The first-order chi connectivity index (χ1) is 7.91. The summed E-state index contributed by atoms with van der Waals surface area (Å²) in [7, 11) is -0.884. The van der Waals surface area contributed by atoms with Gasteiger partial charge in [-0.3, -0.25) is 9.00 Å². The van der Waals surface area contributed by atoms with Crippen LogP contribution in [0.3, 0.4) is 0 Å². The van der Waals surface area contributed by atoms with Gasteiger partial charge in [0.05, 0.1) is 5.75 Å². The fourth-order valence-corrected chi connectivity index (χ4v) is 3.28. The summed E-state index contributed by atoms with van der Waals surface area (Å²) in [6.07, 6.45) is 3.37. The highest BCUT2D eigenvalue weighted by molar-refractivity contribution is 7.99. The third-order valence-corrected chi connectivity index (χ3v) is 4.09. The Kier molecular flexibility index (Phi) is 5.20. The Labute approximate surface area is 107 Å². The minimum absolute atomic E-state index is 0.0155. The van der Waals surface area contributed by atoms with Gasteiger partial charge in [0.15, 0.2) is 5.16 Å². The molecule has 0 spiro atoms. The molecule has 0 radical (unpaired) electrons. The van der Waals surface area contributed by atoms with Crippen LogP contribution in [0.1, 0.15) is 18.7 Å². The van der Waals surface area contributed by atoms with E-state index in [1.807, 2.05) is 18.4 Å². The Morgan fingerprint density at radius 3 is 2.88 bits per heavy atom. The van der Waals surface area contributed by atoms with Gasteiger partial charge in [-0.05, 0) is 13.8 Å². The molecular weight excluding hydrogens is 260 g/mol. The molecule has 5 nitrogen and oxygen atoms in total. The first-order valence-corrected chi connectivity index (χ1v) is 7.81. The van der Waals surface area contributed by atoms with Crippen LogP contribution in [0.5, 0.6) is 0 Å². The maximum atomic E-state index is 11.2. The van der Waals surface area contributed by atoms with Gasteiger partial charge in [-0.25, -0.2) is 4.98 Å². The number of carbonyl (C=O) groups is 1. The maximum Gasteiger partial charge on any atom is 0.313 e. The van der Waals surface area contributed by atoms with E-state index < -0.39 is 16.8 Å². The van der Waals surface area contributed by atoms with Crippen LogP contribution in [0, 0.1) is 6.92 Å². The third kappa shape index (κ3) is 4.16. The molecular formula is C10H16N2O3S2. The average Bonchev–Trinajstić information content (AvgIpc) is 2.55. The van der Waals surface area contributed by atoms with E-state index in [1.165, 1.54) is 11.8 Å². The van der Waals surface area contributed by atoms with Gasteiger partial charge in [0.1, 0.15) is 0 Å². The summed E-state index contributed by atoms with van der Waals surface area (Å²) >= 11 is 1.18. The lowest BCUT2D eigenvalue weighted by Gasteiger charge is -2.16. The summed E-state index contributed by atoms with van der Waals surface area (Å²) in [6.45, 7) is 3.87. The average molecular weight is 276 g/mol. The van der Waals surface area contributed by atoms with E-state index in [0.717, 1.165) is 5.69 Å². The number of carboxylic acids is 1. The monoisotopic (exact) mass is 276 g/mol. The Bertz CT molecular complexity index is 431. The number of aromatic nitrogens is 2. The Morgan fingerprint density at radius 2 is 2.35 bits per heavy atom. The normalized spacial score (nSPS) is 14.5. The molecule has 0 aromatic carbocycles. The van der Waals surface area contributed by atoms with E-state index in [9.17, 15) is 9.00 Å². The zero-order chi connectivity index (χ0) is 13.0. The standard InChI is InChI=1S/C10H16N2O3S2/c1-7-4-11-10(16-5-9(13)14)12(7)8(2)6-17(3)15/h4,8H,5-6H2,1-3H3,(H,13,14). The molecule has 1 aromatic rings. The minimum atomic E-state index is -0.884. The van der Waals surface area contributed by atoms with Crippen molar-refractivity contribution in [3.8, 4) is 0 Å². The predicted molar refractivity (Wildman–Crippen MR) is 69.0 cm³/mol. The van der Waals surface area contributed by atoms with Crippen LogP contribution in [0.25, 0.3) is 0 Å². The van der Waals surface area contributed by atoms with E-state index in [-0.39, 0.29) is 11.8 Å². The number of imidazole rings is 1. The summed E-state index contributed by atoms with van der Waals surface area (Å²) in [4.78, 5) is 14.7. The van der Waals surface area contributed by atoms with Crippen molar-refractivity contribution in [2.24, 2.45) is 0 Å². The van der Waals surface area contributed by atoms with Gasteiger partial charge in [0.2, 0.25) is 0 Å². The van der Waals surface area contributed by atoms with Gasteiger partial charge in [0.25, 0.3) is 0 Å². The summed E-state index contributed by atoms with van der Waals surface area (Å²) in [6, 6.07) is 0.0552. The van der Waals surface area contributed by atoms with Crippen molar-refractivity contribution in [1.82, 2.24) is 9.55 Å². The van der Waals surface area contributed by atoms with E-state index in [0.29, 0.717) is 10.9 Å². The molecule has 0 aliphatic carbocycles. The van der Waals surface area contributed by atoms with Gasteiger partial charge in [-0.1, -0.05) is 11.8 Å². The van der Waals surface area contributed by atoms with Crippen LogP contribution in [0.2, 0.25) is 0 Å². The summed E-state index contributed by atoms with van der Waals surface area (Å²) in [5.41, 5.74) is 0.954. The fourth-order valence-electron chi connectivity index (χ4n) is 1.61. The topological polar surface area (TPSA) is 72.2 Å². The molecule has 0 aliphatic rings. The molecule has 0 bridgehead atoms. The fraction of sp³-hybridized carbons (Fsp3) is 0.600. The van der Waals surface area contributed by atoms with Crippen LogP contribution in [-0.4, -0.2) is 42.6 Å². The van der Waals surface area contributed by atoms with Crippen LogP contribution in [0.15, 0.2) is 11.4 Å². The zero-order valence-electron chi connectivity index (χ0n) is 10.0.